The van der Waals surface area contributed by atoms with Gasteiger partial charge in [0, 0.05) is 19.0 Å². The molecule has 0 radical (unpaired) electrons. The summed E-state index contributed by atoms with van der Waals surface area (Å²) < 4.78 is 43.6. The van der Waals surface area contributed by atoms with Gasteiger partial charge in [0.25, 0.3) is 5.22 Å². The Balaban J connectivity index is 1.45. The monoisotopic (exact) mass is 468 g/mol. The van der Waals surface area contributed by atoms with Crippen LogP contribution in [0.15, 0.2) is 32.7 Å². The van der Waals surface area contributed by atoms with E-state index in [0.717, 1.165) is 24.6 Å². The number of thioether (sulfide) groups is 1. The van der Waals surface area contributed by atoms with Crippen LogP contribution < -0.4 is 10.1 Å². The van der Waals surface area contributed by atoms with Gasteiger partial charge in [-0.25, -0.2) is 8.42 Å². The number of morpholine rings is 1. The first-order chi connectivity index (χ1) is 15.0. The van der Waals surface area contributed by atoms with Crippen LogP contribution in [0.2, 0.25) is 0 Å². The lowest BCUT2D eigenvalue weighted by Crippen LogP contribution is -2.40. The van der Waals surface area contributed by atoms with Crippen molar-refractivity contribution in [2.45, 2.75) is 35.8 Å². The molecule has 2 heterocycles. The van der Waals surface area contributed by atoms with Gasteiger partial charge in [-0.3, -0.25) is 4.79 Å². The standard InChI is InChI=1S/C19H24N4O6S2/c1-2-28-16-6-5-14(31(25,26)23-7-9-27-10-8-23)11-15(16)20-17(24)12-30-19-22-21-18(29-19)13-3-4-13/h5-6,11,13H,2-4,7-10,12H2,1H3,(H,20,24). The molecule has 1 aliphatic heterocycles. The van der Waals surface area contributed by atoms with Gasteiger partial charge in [0.05, 0.1) is 36.2 Å². The van der Waals surface area contributed by atoms with E-state index in [1.807, 2.05) is 6.92 Å². The number of benzene rings is 1. The van der Waals surface area contributed by atoms with Crippen LogP contribution in [0.3, 0.4) is 0 Å². The maximum atomic E-state index is 13.0. The third kappa shape index (κ3) is 5.37. The first-order valence-corrected chi connectivity index (χ1v) is 12.5. The Morgan fingerprint density at radius 2 is 2.06 bits per heavy atom. The van der Waals surface area contributed by atoms with Gasteiger partial charge in [0.15, 0.2) is 0 Å². The second-order valence-corrected chi connectivity index (χ2v) is 9.99. The Morgan fingerprint density at radius 1 is 1.29 bits per heavy atom. The maximum absolute atomic E-state index is 13.0. The van der Waals surface area contributed by atoms with E-state index in [0.29, 0.717) is 61.4 Å². The first kappa shape index (κ1) is 22.1. The molecule has 0 bridgehead atoms. The predicted octanol–water partition coefficient (Wildman–Crippen LogP) is 2.10. The number of carbonyl (C=O) groups excluding carboxylic acids is 1. The van der Waals surface area contributed by atoms with E-state index in [-0.39, 0.29) is 16.6 Å². The minimum atomic E-state index is -3.70. The van der Waals surface area contributed by atoms with E-state index in [1.165, 1.54) is 16.4 Å². The number of nitrogens with zero attached hydrogens (tertiary/aromatic N) is 3. The zero-order chi connectivity index (χ0) is 21.8. The Bertz CT molecular complexity index is 1030. The van der Waals surface area contributed by atoms with Crippen molar-refractivity contribution in [3.05, 3.63) is 24.1 Å². The van der Waals surface area contributed by atoms with Crippen molar-refractivity contribution in [1.29, 1.82) is 0 Å². The molecule has 1 saturated heterocycles. The molecule has 1 N–H and O–H groups in total. The first-order valence-electron chi connectivity index (χ1n) is 10.1. The van der Waals surface area contributed by atoms with Crippen LogP contribution >= 0.6 is 11.8 Å². The molecule has 31 heavy (non-hydrogen) atoms. The Labute approximate surface area is 184 Å². The van der Waals surface area contributed by atoms with Crippen molar-refractivity contribution in [2.24, 2.45) is 0 Å². The van der Waals surface area contributed by atoms with Gasteiger partial charge in [0.2, 0.25) is 21.8 Å². The summed E-state index contributed by atoms with van der Waals surface area (Å²) in [4.78, 5) is 12.6. The topological polar surface area (TPSA) is 124 Å². The van der Waals surface area contributed by atoms with Gasteiger partial charge in [0.1, 0.15) is 5.75 Å². The number of ether oxygens (including phenoxy) is 2. The third-order valence-electron chi connectivity index (χ3n) is 4.81. The minimum Gasteiger partial charge on any atom is -0.492 e. The van der Waals surface area contributed by atoms with Gasteiger partial charge in [-0.2, -0.15) is 4.31 Å². The van der Waals surface area contributed by atoms with Crippen molar-refractivity contribution in [3.63, 3.8) is 0 Å². The average Bonchev–Trinajstić information content (AvgIpc) is 3.52. The van der Waals surface area contributed by atoms with E-state index < -0.39 is 10.0 Å². The van der Waals surface area contributed by atoms with E-state index in [1.54, 1.807) is 6.07 Å². The largest absolute Gasteiger partial charge is 0.492 e. The molecule has 0 unspecified atom stereocenters. The molecule has 0 atom stereocenters. The highest BCUT2D eigenvalue weighted by Gasteiger charge is 2.30. The van der Waals surface area contributed by atoms with Crippen molar-refractivity contribution in [2.75, 3.05) is 44.0 Å². The molecule has 1 aromatic carbocycles. The molecular formula is C19H24N4O6S2. The van der Waals surface area contributed by atoms with Crippen LogP contribution in [0, 0.1) is 0 Å². The van der Waals surface area contributed by atoms with Gasteiger partial charge in [-0.15, -0.1) is 10.2 Å². The zero-order valence-electron chi connectivity index (χ0n) is 17.1. The molecule has 4 rings (SSSR count). The van der Waals surface area contributed by atoms with E-state index >= 15 is 0 Å². The molecule has 0 spiro atoms. The summed E-state index contributed by atoms with van der Waals surface area (Å²) in [5, 5.41) is 11.0. The number of sulfonamides is 1. The van der Waals surface area contributed by atoms with E-state index in [4.69, 9.17) is 13.9 Å². The molecule has 2 fully saturated rings. The summed E-state index contributed by atoms with van der Waals surface area (Å²) in [6.07, 6.45) is 2.10. The number of hydrogen-bond acceptors (Lipinski definition) is 9. The quantitative estimate of drug-likeness (QED) is 0.551. The van der Waals surface area contributed by atoms with Crippen molar-refractivity contribution in [3.8, 4) is 5.75 Å². The Kier molecular flexibility index (Phi) is 6.80. The molecule has 1 aliphatic carbocycles. The smallest absolute Gasteiger partial charge is 0.277 e. The lowest BCUT2D eigenvalue weighted by atomic mass is 10.3. The van der Waals surface area contributed by atoms with Crippen LogP contribution in [-0.2, 0) is 19.6 Å². The highest BCUT2D eigenvalue weighted by atomic mass is 32.2. The zero-order valence-corrected chi connectivity index (χ0v) is 18.7. The third-order valence-corrected chi connectivity index (χ3v) is 7.52. The molecule has 2 aromatic rings. The minimum absolute atomic E-state index is 0.0400. The molecule has 12 heteroatoms. The highest BCUT2D eigenvalue weighted by Crippen LogP contribution is 2.39. The number of nitrogens with one attached hydrogen (secondary N) is 1. The normalized spacial score (nSPS) is 17.5. The second kappa shape index (κ2) is 9.55. The highest BCUT2D eigenvalue weighted by molar-refractivity contribution is 7.99. The summed E-state index contributed by atoms with van der Waals surface area (Å²) in [6.45, 7) is 3.48. The average molecular weight is 469 g/mol. The number of hydrogen-bond donors (Lipinski definition) is 1. The number of aromatic nitrogens is 2. The van der Waals surface area contributed by atoms with Gasteiger partial charge >= 0.3 is 0 Å². The summed E-state index contributed by atoms with van der Waals surface area (Å²) in [7, 11) is -3.70. The van der Waals surface area contributed by atoms with Gasteiger partial charge in [-0.05, 0) is 38.0 Å². The molecule has 168 valence electrons. The summed E-state index contributed by atoms with van der Waals surface area (Å²) in [6, 6.07) is 4.47. The van der Waals surface area contributed by atoms with Crippen LogP contribution in [0.1, 0.15) is 31.6 Å². The summed E-state index contributed by atoms with van der Waals surface area (Å²) in [5.74, 6) is 1.06. The van der Waals surface area contributed by atoms with Crippen LogP contribution in [0.4, 0.5) is 5.69 Å². The number of rotatable bonds is 9. The fourth-order valence-corrected chi connectivity index (χ4v) is 5.08. The molecule has 1 aromatic heterocycles. The molecule has 1 saturated carbocycles. The van der Waals surface area contributed by atoms with E-state index in [9.17, 15) is 13.2 Å². The Hall–Kier alpha value is -2.15. The molecular weight excluding hydrogens is 444 g/mol. The fraction of sp³-hybridized carbons (Fsp3) is 0.526. The van der Waals surface area contributed by atoms with Crippen LogP contribution in [0.25, 0.3) is 0 Å². The SMILES string of the molecule is CCOc1ccc(S(=O)(=O)N2CCOCC2)cc1NC(=O)CSc1nnc(C2CC2)o1. The van der Waals surface area contributed by atoms with Gasteiger partial charge < -0.3 is 19.2 Å². The number of carbonyl (C=O) groups is 1. The predicted molar refractivity (Wildman–Crippen MR) is 113 cm³/mol. The molecule has 10 nitrogen and oxygen atoms in total. The fourth-order valence-electron chi connectivity index (χ4n) is 3.07. The van der Waals surface area contributed by atoms with Crippen molar-refractivity contribution < 1.29 is 27.1 Å². The molecule has 2 aliphatic rings. The number of anilines is 1. The number of amides is 1. The summed E-state index contributed by atoms with van der Waals surface area (Å²) >= 11 is 1.13. The Morgan fingerprint density at radius 3 is 2.77 bits per heavy atom. The van der Waals surface area contributed by atoms with Gasteiger partial charge in [-0.1, -0.05) is 11.8 Å². The van der Waals surface area contributed by atoms with Crippen molar-refractivity contribution in [1.82, 2.24) is 14.5 Å². The lowest BCUT2D eigenvalue weighted by Gasteiger charge is -2.26. The molecule has 1 amide bonds. The maximum Gasteiger partial charge on any atom is 0.277 e. The second-order valence-electron chi connectivity index (χ2n) is 7.12. The van der Waals surface area contributed by atoms with Crippen LogP contribution in [0.5, 0.6) is 5.75 Å². The van der Waals surface area contributed by atoms with Crippen molar-refractivity contribution >= 4 is 33.4 Å². The van der Waals surface area contributed by atoms with Crippen LogP contribution in [-0.4, -0.2) is 67.5 Å². The summed E-state index contributed by atoms with van der Waals surface area (Å²) in [5.41, 5.74) is 0.297. The lowest BCUT2D eigenvalue weighted by molar-refractivity contribution is -0.113. The van der Waals surface area contributed by atoms with E-state index in [2.05, 4.69) is 15.5 Å².